The minimum Gasteiger partial charge on any atom is -0.313 e. The quantitative estimate of drug-likeness (QED) is 0.832. The number of sulfone groups is 1. The molecule has 1 aliphatic heterocycles. The van der Waals surface area contributed by atoms with Crippen LogP contribution in [0.1, 0.15) is 18.0 Å². The van der Waals surface area contributed by atoms with E-state index in [1.54, 1.807) is 19.2 Å². The molecule has 3 nitrogen and oxygen atoms in total. The molecule has 106 valence electrons. The second-order valence-electron chi connectivity index (χ2n) is 4.69. The van der Waals surface area contributed by atoms with E-state index in [0.29, 0.717) is 16.5 Å². The summed E-state index contributed by atoms with van der Waals surface area (Å²) in [5.41, 5.74) is 0.415. The van der Waals surface area contributed by atoms with E-state index >= 15 is 0 Å². The van der Waals surface area contributed by atoms with Crippen LogP contribution in [-0.4, -0.2) is 27.0 Å². The maximum Gasteiger partial charge on any atom is 0.150 e. The van der Waals surface area contributed by atoms with Gasteiger partial charge in [0.2, 0.25) is 0 Å². The maximum absolute atomic E-state index is 14.2. The number of hydrogen-bond acceptors (Lipinski definition) is 3. The Morgan fingerprint density at radius 3 is 2.74 bits per heavy atom. The Morgan fingerprint density at radius 2 is 2.21 bits per heavy atom. The predicted molar refractivity (Wildman–Crippen MR) is 77.7 cm³/mol. The lowest BCUT2D eigenvalue weighted by molar-refractivity contribution is 0.403. The third kappa shape index (κ3) is 3.12. The van der Waals surface area contributed by atoms with Crippen molar-refractivity contribution in [3.63, 3.8) is 0 Å². The van der Waals surface area contributed by atoms with Gasteiger partial charge in [-0.2, -0.15) is 0 Å². The monoisotopic (exact) mass is 369 g/mol. The Kier molecular flexibility index (Phi) is 4.55. The number of halogens is 3. The lowest BCUT2D eigenvalue weighted by atomic mass is 9.92. The van der Waals surface area contributed by atoms with Crippen LogP contribution >= 0.6 is 27.5 Å². The Hall–Kier alpha value is -0.170. The first-order chi connectivity index (χ1) is 8.85. The van der Waals surface area contributed by atoms with Crippen molar-refractivity contribution in [2.24, 2.45) is 5.92 Å². The van der Waals surface area contributed by atoms with Gasteiger partial charge in [0.15, 0.2) is 9.84 Å². The van der Waals surface area contributed by atoms with Gasteiger partial charge in [0.1, 0.15) is 5.82 Å². The van der Waals surface area contributed by atoms with E-state index in [1.165, 1.54) is 0 Å². The van der Waals surface area contributed by atoms with Crippen molar-refractivity contribution in [3.8, 4) is 0 Å². The highest BCUT2D eigenvalue weighted by molar-refractivity contribution is 9.10. The van der Waals surface area contributed by atoms with E-state index in [0.717, 1.165) is 0 Å². The summed E-state index contributed by atoms with van der Waals surface area (Å²) in [4.78, 5) is 0. The van der Waals surface area contributed by atoms with E-state index < -0.39 is 15.7 Å². The van der Waals surface area contributed by atoms with Gasteiger partial charge in [-0.15, -0.1) is 0 Å². The molecule has 0 saturated carbocycles. The summed E-state index contributed by atoms with van der Waals surface area (Å²) in [5, 5.41) is 3.03. The number of nitrogens with one attached hydrogen (secondary N) is 1. The fourth-order valence-corrected chi connectivity index (χ4v) is 4.83. The number of hydrogen-bond donors (Lipinski definition) is 1. The fraction of sp³-hybridized carbons (Fsp3) is 0.500. The molecular formula is C12H14BrClFNO2S. The minimum absolute atomic E-state index is 0.0265. The van der Waals surface area contributed by atoms with Gasteiger partial charge in [0.05, 0.1) is 16.5 Å². The van der Waals surface area contributed by atoms with Crippen LogP contribution in [0, 0.1) is 11.7 Å². The van der Waals surface area contributed by atoms with Gasteiger partial charge in [-0.1, -0.05) is 17.7 Å². The van der Waals surface area contributed by atoms with Crippen molar-refractivity contribution >= 4 is 37.4 Å². The van der Waals surface area contributed by atoms with Crippen molar-refractivity contribution < 1.29 is 12.8 Å². The third-order valence-electron chi connectivity index (χ3n) is 3.45. The highest BCUT2D eigenvalue weighted by Gasteiger charge is 2.35. The number of rotatable bonds is 3. The van der Waals surface area contributed by atoms with Crippen molar-refractivity contribution in [2.45, 2.75) is 12.5 Å². The van der Waals surface area contributed by atoms with Gasteiger partial charge in [-0.25, -0.2) is 12.8 Å². The SMILES string of the molecule is CNC(c1ccc(Br)c(Cl)c1F)C1CCS(=O)(=O)C1. The molecule has 1 heterocycles. The molecule has 2 unspecified atom stereocenters. The van der Waals surface area contributed by atoms with Crippen molar-refractivity contribution in [1.29, 1.82) is 0 Å². The molecule has 0 bridgehead atoms. The average Bonchev–Trinajstić information content (AvgIpc) is 2.70. The highest BCUT2D eigenvalue weighted by Crippen LogP contribution is 2.36. The summed E-state index contributed by atoms with van der Waals surface area (Å²) in [7, 11) is -1.30. The second kappa shape index (κ2) is 5.68. The van der Waals surface area contributed by atoms with Crippen LogP contribution in [0.3, 0.4) is 0 Å². The summed E-state index contributed by atoms with van der Waals surface area (Å²) in [6.07, 6.45) is 0.543. The van der Waals surface area contributed by atoms with Crippen molar-refractivity contribution in [1.82, 2.24) is 5.32 Å². The van der Waals surface area contributed by atoms with E-state index in [9.17, 15) is 12.8 Å². The molecule has 1 fully saturated rings. The molecule has 0 amide bonds. The van der Waals surface area contributed by atoms with E-state index in [2.05, 4.69) is 21.2 Å². The summed E-state index contributed by atoms with van der Waals surface area (Å²) < 4.78 is 37.8. The highest BCUT2D eigenvalue weighted by atomic mass is 79.9. The standard InChI is InChI=1S/C12H14BrClFNO2S/c1-16-12(7-4-5-19(17,18)6-7)8-2-3-9(13)10(14)11(8)15/h2-3,7,12,16H,4-6H2,1H3. The summed E-state index contributed by atoms with van der Waals surface area (Å²) in [5.74, 6) is -0.366. The second-order valence-corrected chi connectivity index (χ2v) is 8.16. The minimum atomic E-state index is -2.99. The zero-order valence-corrected chi connectivity index (χ0v) is 13.4. The lowest BCUT2D eigenvalue weighted by Crippen LogP contribution is -2.27. The fourth-order valence-electron chi connectivity index (χ4n) is 2.51. The normalized spacial score (nSPS) is 23.5. The molecule has 2 atom stereocenters. The van der Waals surface area contributed by atoms with Gasteiger partial charge in [0, 0.05) is 16.1 Å². The van der Waals surface area contributed by atoms with Crippen LogP contribution in [-0.2, 0) is 9.84 Å². The molecule has 1 N–H and O–H groups in total. The number of benzene rings is 1. The molecule has 0 aliphatic carbocycles. The Labute approximate surface area is 125 Å². The van der Waals surface area contributed by atoms with Crippen molar-refractivity contribution in [2.75, 3.05) is 18.6 Å². The van der Waals surface area contributed by atoms with Crippen LogP contribution in [0.5, 0.6) is 0 Å². The van der Waals surface area contributed by atoms with E-state index in [4.69, 9.17) is 11.6 Å². The third-order valence-corrected chi connectivity index (χ3v) is 6.50. The Morgan fingerprint density at radius 1 is 1.53 bits per heavy atom. The summed E-state index contributed by atoms with van der Waals surface area (Å²) in [6, 6.07) is 2.97. The molecule has 0 aromatic heterocycles. The molecular weight excluding hydrogens is 357 g/mol. The van der Waals surface area contributed by atoms with Crippen molar-refractivity contribution in [3.05, 3.63) is 33.0 Å². The predicted octanol–water partition coefficient (Wildman–Crippen LogP) is 2.94. The molecule has 7 heteroatoms. The Bertz CT molecular complexity index is 594. The zero-order chi connectivity index (χ0) is 14.2. The largest absolute Gasteiger partial charge is 0.313 e. The molecule has 1 saturated heterocycles. The van der Waals surface area contributed by atoms with Gasteiger partial charge in [0.25, 0.3) is 0 Å². The molecule has 1 aromatic rings. The first kappa shape index (κ1) is 15.2. The Balaban J connectivity index is 2.36. The van der Waals surface area contributed by atoms with Gasteiger partial charge < -0.3 is 5.32 Å². The smallest absolute Gasteiger partial charge is 0.150 e. The maximum atomic E-state index is 14.2. The molecule has 1 aliphatic rings. The van der Waals surface area contributed by atoms with Gasteiger partial charge in [-0.3, -0.25) is 0 Å². The molecule has 0 radical (unpaired) electrons. The zero-order valence-electron chi connectivity index (χ0n) is 10.3. The van der Waals surface area contributed by atoms with Crippen LogP contribution in [0.15, 0.2) is 16.6 Å². The van der Waals surface area contributed by atoms with Gasteiger partial charge in [-0.05, 0) is 41.4 Å². The van der Waals surface area contributed by atoms with Crippen LogP contribution < -0.4 is 5.32 Å². The summed E-state index contributed by atoms with van der Waals surface area (Å²) >= 11 is 9.04. The van der Waals surface area contributed by atoms with Crippen LogP contribution in [0.2, 0.25) is 5.02 Å². The average molecular weight is 371 g/mol. The van der Waals surface area contributed by atoms with E-state index in [-0.39, 0.29) is 28.5 Å². The first-order valence-electron chi connectivity index (χ1n) is 5.87. The topological polar surface area (TPSA) is 46.2 Å². The molecule has 2 rings (SSSR count). The molecule has 19 heavy (non-hydrogen) atoms. The van der Waals surface area contributed by atoms with Gasteiger partial charge >= 0.3 is 0 Å². The molecule has 0 spiro atoms. The summed E-state index contributed by atoms with van der Waals surface area (Å²) in [6.45, 7) is 0. The van der Waals surface area contributed by atoms with E-state index in [1.807, 2.05) is 0 Å². The van der Waals surface area contributed by atoms with Crippen LogP contribution in [0.4, 0.5) is 4.39 Å². The first-order valence-corrected chi connectivity index (χ1v) is 8.86. The van der Waals surface area contributed by atoms with Crippen LogP contribution in [0.25, 0.3) is 0 Å². The lowest BCUT2D eigenvalue weighted by Gasteiger charge is -2.23. The molecule has 1 aromatic carbocycles.